The van der Waals surface area contributed by atoms with Gasteiger partial charge in [-0.3, -0.25) is 9.59 Å². The third kappa shape index (κ3) is 4.54. The fourth-order valence-corrected chi connectivity index (χ4v) is 3.43. The van der Waals surface area contributed by atoms with Gasteiger partial charge in [0.1, 0.15) is 11.5 Å². The number of methoxy groups -OCH3 is 1. The number of hydrogen-bond acceptors (Lipinski definition) is 5. The van der Waals surface area contributed by atoms with Gasteiger partial charge in [0.15, 0.2) is 0 Å². The van der Waals surface area contributed by atoms with Crippen molar-refractivity contribution >= 4 is 17.4 Å². The highest BCUT2D eigenvalue weighted by Gasteiger charge is 2.45. The molecule has 1 unspecified atom stereocenters. The quantitative estimate of drug-likeness (QED) is 0.408. The van der Waals surface area contributed by atoms with Crippen LogP contribution in [0, 0.1) is 5.92 Å². The van der Waals surface area contributed by atoms with Gasteiger partial charge in [0.2, 0.25) is 0 Å². The molecule has 1 fully saturated rings. The maximum absolute atomic E-state index is 12.9. The van der Waals surface area contributed by atoms with Gasteiger partial charge < -0.3 is 19.5 Å². The van der Waals surface area contributed by atoms with Crippen LogP contribution in [-0.4, -0.2) is 48.6 Å². The Morgan fingerprint density at radius 1 is 1.10 bits per heavy atom. The molecule has 1 N–H and O–H groups in total. The zero-order valence-electron chi connectivity index (χ0n) is 17.5. The number of benzene rings is 2. The van der Waals surface area contributed by atoms with E-state index in [0.29, 0.717) is 23.8 Å². The molecule has 1 saturated heterocycles. The highest BCUT2D eigenvalue weighted by Crippen LogP contribution is 2.39. The number of ketones is 1. The molecule has 1 amide bonds. The van der Waals surface area contributed by atoms with E-state index in [1.54, 1.807) is 24.3 Å². The predicted octanol–water partition coefficient (Wildman–Crippen LogP) is 3.79. The van der Waals surface area contributed by atoms with Gasteiger partial charge in [-0.2, -0.15) is 0 Å². The van der Waals surface area contributed by atoms with Crippen molar-refractivity contribution in [1.82, 2.24) is 4.90 Å². The summed E-state index contributed by atoms with van der Waals surface area (Å²) < 4.78 is 10.9. The first-order chi connectivity index (χ1) is 14.4. The van der Waals surface area contributed by atoms with Crippen LogP contribution >= 0.6 is 0 Å². The SMILES string of the molecule is COCCN1C(=O)C(=O)/C(=C(\O)c2cccc(OCC(C)C)c2)C1c1ccccc1. The van der Waals surface area contributed by atoms with Gasteiger partial charge in [0.25, 0.3) is 11.7 Å². The van der Waals surface area contributed by atoms with E-state index < -0.39 is 17.7 Å². The highest BCUT2D eigenvalue weighted by atomic mass is 16.5. The van der Waals surface area contributed by atoms with Crippen LogP contribution in [0.2, 0.25) is 0 Å². The lowest BCUT2D eigenvalue weighted by molar-refractivity contribution is -0.140. The molecule has 0 aromatic heterocycles. The molecule has 1 aliphatic rings. The number of aliphatic hydroxyl groups excluding tert-OH is 1. The standard InChI is InChI=1S/C24H27NO5/c1-16(2)15-30-19-11-7-10-18(14-19)22(26)20-21(17-8-5-4-6-9-17)25(12-13-29-3)24(28)23(20)27/h4-11,14,16,21,26H,12-13,15H2,1-3H3/b22-20-. The topological polar surface area (TPSA) is 76.1 Å². The molecule has 2 aromatic carbocycles. The summed E-state index contributed by atoms with van der Waals surface area (Å²) in [4.78, 5) is 27.1. The van der Waals surface area contributed by atoms with Crippen LogP contribution in [0.1, 0.15) is 31.0 Å². The number of carbonyl (C=O) groups excluding carboxylic acids is 2. The molecule has 0 radical (unpaired) electrons. The van der Waals surface area contributed by atoms with Crippen LogP contribution in [0.4, 0.5) is 0 Å². The van der Waals surface area contributed by atoms with Crippen LogP contribution in [-0.2, 0) is 14.3 Å². The van der Waals surface area contributed by atoms with E-state index in [-0.39, 0.29) is 24.5 Å². The van der Waals surface area contributed by atoms with Gasteiger partial charge in [0.05, 0.1) is 24.8 Å². The van der Waals surface area contributed by atoms with Crippen molar-refractivity contribution in [1.29, 1.82) is 0 Å². The fourth-order valence-electron chi connectivity index (χ4n) is 3.43. The van der Waals surface area contributed by atoms with E-state index in [9.17, 15) is 14.7 Å². The Balaban J connectivity index is 2.06. The second-order valence-electron chi connectivity index (χ2n) is 7.63. The lowest BCUT2D eigenvalue weighted by Crippen LogP contribution is -2.32. The third-order valence-electron chi connectivity index (χ3n) is 4.88. The largest absolute Gasteiger partial charge is 0.507 e. The Kier molecular flexibility index (Phi) is 6.90. The van der Waals surface area contributed by atoms with E-state index in [2.05, 4.69) is 0 Å². The van der Waals surface area contributed by atoms with Crippen molar-refractivity contribution in [2.24, 2.45) is 5.92 Å². The maximum atomic E-state index is 12.9. The number of Topliss-reactive ketones (excluding diaryl/α,β-unsaturated/α-hetero) is 1. The summed E-state index contributed by atoms with van der Waals surface area (Å²) in [6.45, 7) is 5.16. The smallest absolute Gasteiger partial charge is 0.295 e. The molecule has 2 aromatic rings. The molecule has 6 nitrogen and oxygen atoms in total. The Hall–Kier alpha value is -3.12. The summed E-state index contributed by atoms with van der Waals surface area (Å²) in [7, 11) is 1.54. The van der Waals surface area contributed by atoms with Gasteiger partial charge in [-0.15, -0.1) is 0 Å². The Bertz CT molecular complexity index is 936. The molecule has 0 bridgehead atoms. The molecule has 0 saturated carbocycles. The predicted molar refractivity (Wildman–Crippen MR) is 114 cm³/mol. The minimum atomic E-state index is -0.703. The molecule has 158 valence electrons. The molecular weight excluding hydrogens is 382 g/mol. The first-order valence-corrected chi connectivity index (χ1v) is 9.99. The monoisotopic (exact) mass is 409 g/mol. The number of nitrogens with zero attached hydrogens (tertiary/aromatic N) is 1. The lowest BCUT2D eigenvalue weighted by atomic mass is 9.95. The number of ether oxygens (including phenoxy) is 2. The van der Waals surface area contributed by atoms with Crippen molar-refractivity contribution in [2.75, 3.05) is 26.9 Å². The second kappa shape index (κ2) is 9.59. The van der Waals surface area contributed by atoms with Crippen LogP contribution < -0.4 is 4.74 Å². The lowest BCUT2D eigenvalue weighted by Gasteiger charge is -2.25. The van der Waals surface area contributed by atoms with Gasteiger partial charge in [-0.25, -0.2) is 0 Å². The molecule has 6 heteroatoms. The maximum Gasteiger partial charge on any atom is 0.295 e. The molecule has 30 heavy (non-hydrogen) atoms. The fraction of sp³-hybridized carbons (Fsp3) is 0.333. The normalized spacial score (nSPS) is 18.3. The molecule has 1 aliphatic heterocycles. The van der Waals surface area contributed by atoms with Crippen molar-refractivity contribution in [3.63, 3.8) is 0 Å². The summed E-state index contributed by atoms with van der Waals surface area (Å²) >= 11 is 0. The summed E-state index contributed by atoms with van der Waals surface area (Å²) in [5.74, 6) is -0.609. The minimum Gasteiger partial charge on any atom is -0.507 e. The van der Waals surface area contributed by atoms with E-state index in [1.165, 1.54) is 12.0 Å². The molecule has 0 spiro atoms. The molecule has 0 aliphatic carbocycles. The van der Waals surface area contributed by atoms with Crippen LogP contribution in [0.3, 0.4) is 0 Å². The molecule has 1 atom stereocenters. The van der Waals surface area contributed by atoms with Crippen LogP contribution in [0.25, 0.3) is 5.76 Å². The van der Waals surface area contributed by atoms with E-state index in [1.807, 2.05) is 44.2 Å². The zero-order chi connectivity index (χ0) is 21.7. The van der Waals surface area contributed by atoms with E-state index in [0.717, 1.165) is 5.56 Å². The third-order valence-corrected chi connectivity index (χ3v) is 4.88. The van der Waals surface area contributed by atoms with Gasteiger partial charge in [-0.05, 0) is 23.6 Å². The van der Waals surface area contributed by atoms with Crippen molar-refractivity contribution in [2.45, 2.75) is 19.9 Å². The first kappa shape index (κ1) is 21.6. The average molecular weight is 409 g/mol. The zero-order valence-corrected chi connectivity index (χ0v) is 17.5. The number of hydrogen-bond donors (Lipinski definition) is 1. The van der Waals surface area contributed by atoms with Gasteiger partial charge >= 0.3 is 0 Å². The van der Waals surface area contributed by atoms with Crippen molar-refractivity contribution in [3.05, 3.63) is 71.3 Å². The van der Waals surface area contributed by atoms with Gasteiger partial charge in [-0.1, -0.05) is 56.3 Å². The first-order valence-electron chi connectivity index (χ1n) is 9.99. The van der Waals surface area contributed by atoms with E-state index >= 15 is 0 Å². The number of carbonyl (C=O) groups is 2. The Labute approximate surface area is 176 Å². The summed E-state index contributed by atoms with van der Waals surface area (Å²) in [6, 6.07) is 15.5. The molecular formula is C24H27NO5. The molecule has 3 rings (SSSR count). The van der Waals surface area contributed by atoms with Crippen molar-refractivity contribution in [3.8, 4) is 5.75 Å². The molecule has 1 heterocycles. The van der Waals surface area contributed by atoms with Crippen LogP contribution in [0.15, 0.2) is 60.2 Å². The number of rotatable bonds is 8. The number of likely N-dealkylation sites (tertiary alicyclic amines) is 1. The summed E-state index contributed by atoms with van der Waals surface area (Å²) in [6.07, 6.45) is 0. The van der Waals surface area contributed by atoms with E-state index in [4.69, 9.17) is 9.47 Å². The second-order valence-corrected chi connectivity index (χ2v) is 7.63. The Morgan fingerprint density at radius 2 is 1.83 bits per heavy atom. The number of amides is 1. The average Bonchev–Trinajstić information content (AvgIpc) is 3.01. The van der Waals surface area contributed by atoms with Crippen molar-refractivity contribution < 1.29 is 24.2 Å². The van der Waals surface area contributed by atoms with Gasteiger partial charge in [0, 0.05) is 19.2 Å². The minimum absolute atomic E-state index is 0.0725. The summed E-state index contributed by atoms with van der Waals surface area (Å²) in [5.41, 5.74) is 1.26. The number of aliphatic hydroxyl groups is 1. The highest BCUT2D eigenvalue weighted by molar-refractivity contribution is 6.46. The Morgan fingerprint density at radius 3 is 2.50 bits per heavy atom. The van der Waals surface area contributed by atoms with Crippen LogP contribution in [0.5, 0.6) is 5.75 Å². The summed E-state index contributed by atoms with van der Waals surface area (Å²) in [5, 5.41) is 11.1.